The first-order valence-corrected chi connectivity index (χ1v) is 8.14. The molecule has 41 heavy (non-hydrogen) atoms. The fourth-order valence-electron chi connectivity index (χ4n) is 1.67. The molecule has 0 aliphatic heterocycles. The number of ether oxygens (including phenoxy) is 3. The Hall–Kier alpha value is -1.94. The highest BCUT2D eigenvalue weighted by atomic mass is 19.4. The first-order valence-electron chi connectivity index (χ1n) is 8.14. The number of rotatable bonds is 10. The van der Waals surface area contributed by atoms with Gasteiger partial charge in [-0.2, -0.15) is 114 Å². The first kappa shape index (κ1) is 39.1. The van der Waals surface area contributed by atoms with Crippen LogP contribution in [-0.2, 0) is 14.2 Å². The van der Waals surface area contributed by atoms with Crippen LogP contribution in [0.1, 0.15) is 0 Å². The summed E-state index contributed by atoms with van der Waals surface area (Å²) in [7, 11) is 0. The molecule has 0 aliphatic rings. The van der Waals surface area contributed by atoms with Crippen LogP contribution in [0.5, 0.6) is 0 Å². The highest BCUT2D eigenvalue weighted by Gasteiger charge is 2.88. The minimum absolute atomic E-state index is 0.871. The predicted molar refractivity (Wildman–Crippen MR) is 64.8 cm³/mol. The molecule has 0 saturated carbocycles. The molecule has 0 bridgehead atoms. The van der Waals surface area contributed by atoms with Gasteiger partial charge in [0.2, 0.25) is 0 Å². The Morgan fingerprint density at radius 3 is 0.561 bits per heavy atom. The minimum atomic E-state index is -8.78. The summed E-state index contributed by atoms with van der Waals surface area (Å²) in [5.41, 5.74) is 0. The normalized spacial score (nSPS) is 19.2. The summed E-state index contributed by atoms with van der Waals surface area (Å²) in [4.78, 5) is 0. The molecule has 0 heterocycles. The lowest BCUT2D eigenvalue weighted by molar-refractivity contribution is -0.584. The zero-order valence-electron chi connectivity index (χ0n) is 17.1. The van der Waals surface area contributed by atoms with Gasteiger partial charge in [-0.25, -0.2) is 4.74 Å². The van der Waals surface area contributed by atoms with Gasteiger partial charge in [0.05, 0.1) is 0 Å². The Morgan fingerprint density at radius 1 is 0.220 bits per heavy atom. The smallest absolute Gasteiger partial charge is 0.262 e. The van der Waals surface area contributed by atoms with Crippen molar-refractivity contribution >= 4 is 0 Å². The van der Waals surface area contributed by atoms with Crippen LogP contribution in [0.2, 0.25) is 0 Å². The molecule has 2 atom stereocenters. The average molecular weight is 686 g/mol. The maximum atomic E-state index is 13.8. The molecule has 0 saturated heterocycles. The maximum absolute atomic E-state index is 13.8. The molecule has 248 valence electrons. The molecule has 0 aromatic carbocycles. The molecule has 29 heteroatoms. The second-order valence-corrected chi connectivity index (χ2v) is 6.70. The SMILES string of the molecule is FC(F)(F)C(F)(F)C(F)(F)OC(F)(C(F)(F)F)C(F)(F)OC(F)(F)C(F)(OC(F)(F)C(F)(F)C(F)(F)F)C(F)(F)F. The van der Waals surface area contributed by atoms with E-state index in [-0.39, 0.29) is 0 Å². The molecule has 0 fully saturated rings. The summed E-state index contributed by atoms with van der Waals surface area (Å²) in [6.07, 6.45) is -67.1. The van der Waals surface area contributed by atoms with Crippen LogP contribution in [0.4, 0.5) is 114 Å². The highest BCUT2D eigenvalue weighted by Crippen LogP contribution is 2.59. The predicted octanol–water partition coefficient (Wildman–Crippen LogP) is 8.26. The highest BCUT2D eigenvalue weighted by molar-refractivity contribution is 4.97. The van der Waals surface area contributed by atoms with Crippen LogP contribution in [0.15, 0.2) is 0 Å². The van der Waals surface area contributed by atoms with Gasteiger partial charge in [0.25, 0.3) is 0 Å². The fourth-order valence-corrected chi connectivity index (χ4v) is 1.67. The molecule has 3 nitrogen and oxygen atoms in total. The Bertz CT molecular complexity index is 848. The first-order chi connectivity index (χ1) is 17.1. The van der Waals surface area contributed by atoms with Crippen molar-refractivity contribution in [3.8, 4) is 0 Å². The summed E-state index contributed by atoms with van der Waals surface area (Å²) in [5.74, 6) is -33.9. The van der Waals surface area contributed by atoms with E-state index >= 15 is 0 Å². The van der Waals surface area contributed by atoms with Gasteiger partial charge in [0.15, 0.2) is 0 Å². The van der Waals surface area contributed by atoms with E-state index < -0.39 is 72.7 Å². The number of halogens is 26. The largest absolute Gasteiger partial charge is 0.462 e. The molecule has 0 rings (SSSR count). The van der Waals surface area contributed by atoms with Crippen molar-refractivity contribution < 1.29 is 128 Å². The van der Waals surface area contributed by atoms with E-state index in [1.54, 1.807) is 0 Å². The molecule has 0 radical (unpaired) electrons. The van der Waals surface area contributed by atoms with Gasteiger partial charge in [0.1, 0.15) is 0 Å². The standard InChI is InChI=1S/C12F26O3/c13-1(14,5(19,20)21)9(31,32)39-3(17,7(25,26)27)11(35,36)41-12(37,38)4(18,8(28,29)30)40-10(33,34)2(15,16)6(22,23)24. The Balaban J connectivity index is 7.13. The van der Waals surface area contributed by atoms with Gasteiger partial charge in [-0.15, -0.1) is 0 Å². The van der Waals surface area contributed by atoms with Crippen molar-refractivity contribution in [2.24, 2.45) is 0 Å². The third kappa shape index (κ3) is 6.38. The van der Waals surface area contributed by atoms with Crippen molar-refractivity contribution in [2.45, 2.75) is 72.7 Å². The van der Waals surface area contributed by atoms with Gasteiger partial charge < -0.3 is 0 Å². The minimum Gasteiger partial charge on any atom is -0.262 e. The summed E-state index contributed by atoms with van der Waals surface area (Å²) < 4.78 is 335. The monoisotopic (exact) mass is 686 g/mol. The van der Waals surface area contributed by atoms with Crippen LogP contribution in [0.3, 0.4) is 0 Å². The van der Waals surface area contributed by atoms with Gasteiger partial charge in [-0.1, -0.05) is 0 Å². The van der Waals surface area contributed by atoms with E-state index in [9.17, 15) is 114 Å². The van der Waals surface area contributed by atoms with Gasteiger partial charge >= 0.3 is 72.7 Å². The van der Waals surface area contributed by atoms with E-state index in [0.29, 0.717) is 0 Å². The van der Waals surface area contributed by atoms with Crippen LogP contribution in [-0.4, -0.2) is 72.7 Å². The number of hydrogen-bond acceptors (Lipinski definition) is 3. The van der Waals surface area contributed by atoms with Crippen molar-refractivity contribution in [3.05, 3.63) is 0 Å². The lowest BCUT2D eigenvalue weighted by Gasteiger charge is -2.42. The van der Waals surface area contributed by atoms with E-state index in [1.165, 1.54) is 0 Å². The van der Waals surface area contributed by atoms with Crippen molar-refractivity contribution in [1.29, 1.82) is 0 Å². The van der Waals surface area contributed by atoms with Gasteiger partial charge in [-0.05, 0) is 0 Å². The van der Waals surface area contributed by atoms with Crippen LogP contribution in [0, 0.1) is 0 Å². The van der Waals surface area contributed by atoms with Crippen LogP contribution in [0.25, 0.3) is 0 Å². The quantitative estimate of drug-likeness (QED) is 0.217. The second-order valence-electron chi connectivity index (χ2n) is 6.70. The van der Waals surface area contributed by atoms with E-state index in [4.69, 9.17) is 0 Å². The van der Waals surface area contributed by atoms with Gasteiger partial charge in [0, 0.05) is 0 Å². The van der Waals surface area contributed by atoms with Crippen molar-refractivity contribution in [2.75, 3.05) is 0 Å². The van der Waals surface area contributed by atoms with Crippen LogP contribution >= 0.6 is 0 Å². The lowest BCUT2D eigenvalue weighted by Crippen LogP contribution is -2.70. The third-order valence-electron chi connectivity index (χ3n) is 3.72. The molecular weight excluding hydrogens is 686 g/mol. The van der Waals surface area contributed by atoms with Gasteiger partial charge in [-0.3, -0.25) is 9.47 Å². The zero-order valence-corrected chi connectivity index (χ0v) is 17.1. The molecule has 0 N–H and O–H groups in total. The van der Waals surface area contributed by atoms with Crippen molar-refractivity contribution in [1.82, 2.24) is 0 Å². The second kappa shape index (κ2) is 9.79. The van der Waals surface area contributed by atoms with Crippen molar-refractivity contribution in [3.63, 3.8) is 0 Å². The Morgan fingerprint density at radius 2 is 0.415 bits per heavy atom. The number of alkyl halides is 26. The molecular formula is C12F26O3. The summed E-state index contributed by atoms with van der Waals surface area (Å²) in [6.45, 7) is 0. The molecule has 0 amide bonds. The van der Waals surface area contributed by atoms with Crippen LogP contribution < -0.4 is 0 Å². The van der Waals surface area contributed by atoms with E-state index in [1.807, 2.05) is 0 Å². The summed E-state index contributed by atoms with van der Waals surface area (Å²) in [6, 6.07) is 0. The third-order valence-corrected chi connectivity index (χ3v) is 3.72. The Kier molecular flexibility index (Phi) is 9.33. The molecule has 0 aliphatic carbocycles. The fraction of sp³-hybridized carbons (Fsp3) is 1.00. The summed E-state index contributed by atoms with van der Waals surface area (Å²) >= 11 is 0. The maximum Gasteiger partial charge on any atom is 0.462 e. The summed E-state index contributed by atoms with van der Waals surface area (Å²) in [5, 5.41) is 0. The average Bonchev–Trinajstić information content (AvgIpc) is 2.62. The zero-order chi connectivity index (χ0) is 34.1. The topological polar surface area (TPSA) is 27.7 Å². The molecule has 0 spiro atoms. The number of hydrogen-bond donors (Lipinski definition) is 0. The molecule has 2 unspecified atom stereocenters. The Labute approximate surface area is 202 Å². The molecule has 0 aromatic rings. The molecule has 0 aromatic heterocycles. The van der Waals surface area contributed by atoms with E-state index in [0.717, 1.165) is 14.2 Å². The van der Waals surface area contributed by atoms with E-state index in [2.05, 4.69) is 0 Å². The lowest BCUT2D eigenvalue weighted by atomic mass is 10.2.